The molecule has 0 saturated carbocycles. The summed E-state index contributed by atoms with van der Waals surface area (Å²) in [5.41, 5.74) is 1.30. The van der Waals surface area contributed by atoms with Crippen molar-refractivity contribution in [3.8, 4) is 0 Å². The Balaban J connectivity index is 1.52. The number of fused-ring (bicyclic) bond motifs is 1. The van der Waals surface area contributed by atoms with Crippen LogP contribution in [-0.2, 0) is 11.3 Å². The molecule has 3 rings (SSSR count). The highest BCUT2D eigenvalue weighted by atomic mass is 16.4. The number of rotatable bonds is 5. The summed E-state index contributed by atoms with van der Waals surface area (Å²) in [6.07, 6.45) is -0.0488. The molecule has 2 aromatic carbocycles. The molecule has 6 heteroatoms. The average molecular weight is 341 g/mol. The highest BCUT2D eigenvalue weighted by Crippen LogP contribution is 2.20. The van der Waals surface area contributed by atoms with E-state index in [0.717, 1.165) is 19.6 Å². The molecule has 6 nitrogen and oxygen atoms in total. The number of amides is 2. The van der Waals surface area contributed by atoms with E-state index in [1.165, 1.54) is 16.3 Å². The van der Waals surface area contributed by atoms with Gasteiger partial charge in [0.15, 0.2) is 0 Å². The first-order chi connectivity index (χ1) is 12.1. The number of aliphatic carboxylic acids is 1. The van der Waals surface area contributed by atoms with Crippen LogP contribution in [0.1, 0.15) is 12.0 Å². The lowest BCUT2D eigenvalue weighted by atomic mass is 10.0. The molecule has 25 heavy (non-hydrogen) atoms. The summed E-state index contributed by atoms with van der Waals surface area (Å²) in [5, 5.41) is 13.8. The molecule has 0 aromatic heterocycles. The Labute approximate surface area is 147 Å². The Morgan fingerprint density at radius 1 is 1.00 bits per heavy atom. The van der Waals surface area contributed by atoms with Crippen molar-refractivity contribution in [2.24, 2.45) is 0 Å². The van der Waals surface area contributed by atoms with E-state index < -0.39 is 5.97 Å². The van der Waals surface area contributed by atoms with Gasteiger partial charge in [-0.25, -0.2) is 4.79 Å². The van der Waals surface area contributed by atoms with Crippen LogP contribution in [0.15, 0.2) is 42.5 Å². The highest BCUT2D eigenvalue weighted by Gasteiger charge is 2.21. The predicted molar refractivity (Wildman–Crippen MR) is 96.4 cm³/mol. The molecular formula is C19H23N3O3. The van der Waals surface area contributed by atoms with E-state index >= 15 is 0 Å². The van der Waals surface area contributed by atoms with Crippen LogP contribution in [-0.4, -0.2) is 59.6 Å². The number of hydrogen-bond acceptors (Lipinski definition) is 3. The van der Waals surface area contributed by atoms with Crippen molar-refractivity contribution in [1.82, 2.24) is 15.1 Å². The second-order valence-corrected chi connectivity index (χ2v) is 6.28. The minimum atomic E-state index is -0.903. The Morgan fingerprint density at radius 2 is 1.72 bits per heavy atom. The molecule has 0 spiro atoms. The minimum Gasteiger partial charge on any atom is -0.481 e. The summed E-state index contributed by atoms with van der Waals surface area (Å²) in [6.45, 7) is 3.98. The van der Waals surface area contributed by atoms with E-state index in [4.69, 9.17) is 5.11 Å². The Kier molecular flexibility index (Phi) is 5.50. The number of nitrogens with one attached hydrogen (secondary N) is 1. The van der Waals surface area contributed by atoms with Gasteiger partial charge in [-0.2, -0.15) is 0 Å². The lowest BCUT2D eigenvalue weighted by Crippen LogP contribution is -2.51. The van der Waals surface area contributed by atoms with Crippen LogP contribution in [0.5, 0.6) is 0 Å². The number of carbonyl (C=O) groups excluding carboxylic acids is 1. The van der Waals surface area contributed by atoms with Crippen molar-refractivity contribution >= 4 is 22.8 Å². The van der Waals surface area contributed by atoms with Crippen molar-refractivity contribution in [2.45, 2.75) is 13.0 Å². The highest BCUT2D eigenvalue weighted by molar-refractivity contribution is 5.85. The summed E-state index contributed by atoms with van der Waals surface area (Å²) in [7, 11) is 0. The summed E-state index contributed by atoms with van der Waals surface area (Å²) in [6, 6.07) is 14.6. The summed E-state index contributed by atoms with van der Waals surface area (Å²) in [5.74, 6) is -0.903. The Bertz CT molecular complexity index is 749. The van der Waals surface area contributed by atoms with Gasteiger partial charge >= 0.3 is 12.0 Å². The quantitative estimate of drug-likeness (QED) is 0.874. The van der Waals surface area contributed by atoms with Crippen molar-refractivity contribution < 1.29 is 14.7 Å². The summed E-state index contributed by atoms with van der Waals surface area (Å²) < 4.78 is 0. The normalized spacial score (nSPS) is 15.3. The molecule has 0 aliphatic carbocycles. The molecule has 2 amide bonds. The molecule has 1 fully saturated rings. The van der Waals surface area contributed by atoms with E-state index in [1.54, 1.807) is 4.90 Å². The van der Waals surface area contributed by atoms with Gasteiger partial charge in [0.2, 0.25) is 0 Å². The molecular weight excluding hydrogens is 318 g/mol. The number of urea groups is 1. The maximum atomic E-state index is 12.0. The molecule has 2 aromatic rings. The molecule has 1 saturated heterocycles. The lowest BCUT2D eigenvalue weighted by Gasteiger charge is -2.34. The standard InChI is InChI=1S/C19H23N3O3/c23-18(24)8-9-20-19(25)22-12-10-21(11-13-22)14-16-6-3-5-15-4-1-2-7-17(15)16/h1-7H,8-14H2,(H,20,25)(H,23,24). The number of hydrogen-bond donors (Lipinski definition) is 2. The molecule has 132 valence electrons. The number of piperazine rings is 1. The van der Waals surface area contributed by atoms with Crippen molar-refractivity contribution in [3.05, 3.63) is 48.0 Å². The van der Waals surface area contributed by atoms with Crippen molar-refractivity contribution in [2.75, 3.05) is 32.7 Å². The van der Waals surface area contributed by atoms with E-state index in [-0.39, 0.29) is 19.0 Å². The number of benzene rings is 2. The Hall–Kier alpha value is -2.60. The molecule has 0 radical (unpaired) electrons. The zero-order valence-corrected chi connectivity index (χ0v) is 14.1. The van der Waals surface area contributed by atoms with Crippen molar-refractivity contribution in [3.63, 3.8) is 0 Å². The molecule has 0 bridgehead atoms. The largest absolute Gasteiger partial charge is 0.481 e. The van der Waals surface area contributed by atoms with Gasteiger partial charge in [0, 0.05) is 39.3 Å². The number of carboxylic acid groups (broad SMARTS) is 1. The summed E-state index contributed by atoms with van der Waals surface area (Å²) in [4.78, 5) is 26.6. The number of carbonyl (C=O) groups is 2. The first-order valence-electron chi connectivity index (χ1n) is 8.57. The van der Waals surface area contributed by atoms with E-state index in [9.17, 15) is 9.59 Å². The first kappa shape index (κ1) is 17.2. The molecule has 1 aliphatic rings. The number of nitrogens with zero attached hydrogens (tertiary/aromatic N) is 2. The van der Waals surface area contributed by atoms with Gasteiger partial charge in [-0.05, 0) is 16.3 Å². The van der Waals surface area contributed by atoms with Crippen LogP contribution in [0.3, 0.4) is 0 Å². The summed E-state index contributed by atoms with van der Waals surface area (Å²) >= 11 is 0. The number of carboxylic acids is 1. The van der Waals surface area contributed by atoms with Crippen LogP contribution >= 0.6 is 0 Å². The fourth-order valence-corrected chi connectivity index (χ4v) is 3.17. The third kappa shape index (κ3) is 4.48. The van der Waals surface area contributed by atoms with Crippen LogP contribution in [0.25, 0.3) is 10.8 Å². The van der Waals surface area contributed by atoms with Gasteiger partial charge < -0.3 is 15.3 Å². The van der Waals surface area contributed by atoms with Crippen LogP contribution in [0, 0.1) is 0 Å². The third-order valence-corrected chi connectivity index (χ3v) is 4.55. The maximum Gasteiger partial charge on any atom is 0.317 e. The van der Waals surface area contributed by atoms with Gasteiger partial charge in [0.1, 0.15) is 0 Å². The molecule has 1 aliphatic heterocycles. The molecule has 1 heterocycles. The fraction of sp³-hybridized carbons (Fsp3) is 0.368. The second-order valence-electron chi connectivity index (χ2n) is 6.28. The predicted octanol–water partition coefficient (Wildman–Crippen LogP) is 2.14. The fourth-order valence-electron chi connectivity index (χ4n) is 3.17. The molecule has 0 unspecified atom stereocenters. The van der Waals surface area contributed by atoms with E-state index in [2.05, 4.69) is 46.6 Å². The topological polar surface area (TPSA) is 72.9 Å². The molecule has 2 N–H and O–H groups in total. The minimum absolute atomic E-state index is 0.0488. The van der Waals surface area contributed by atoms with Crippen LogP contribution < -0.4 is 5.32 Å². The SMILES string of the molecule is O=C(O)CCNC(=O)N1CCN(Cc2cccc3ccccc23)CC1. The van der Waals surface area contributed by atoms with E-state index in [1.807, 2.05) is 6.07 Å². The monoisotopic (exact) mass is 341 g/mol. The van der Waals surface area contributed by atoms with Gasteiger partial charge in [-0.1, -0.05) is 42.5 Å². The smallest absolute Gasteiger partial charge is 0.317 e. The third-order valence-electron chi connectivity index (χ3n) is 4.55. The zero-order valence-electron chi connectivity index (χ0n) is 14.1. The van der Waals surface area contributed by atoms with Gasteiger partial charge in [-0.3, -0.25) is 9.69 Å². The van der Waals surface area contributed by atoms with Gasteiger partial charge in [-0.15, -0.1) is 0 Å². The van der Waals surface area contributed by atoms with Gasteiger partial charge in [0.25, 0.3) is 0 Å². The van der Waals surface area contributed by atoms with Gasteiger partial charge in [0.05, 0.1) is 6.42 Å². The molecule has 0 atom stereocenters. The second kappa shape index (κ2) is 7.98. The van der Waals surface area contributed by atoms with Crippen LogP contribution in [0.2, 0.25) is 0 Å². The maximum absolute atomic E-state index is 12.0. The lowest BCUT2D eigenvalue weighted by molar-refractivity contribution is -0.136. The van der Waals surface area contributed by atoms with Crippen LogP contribution in [0.4, 0.5) is 4.79 Å². The van der Waals surface area contributed by atoms with E-state index in [0.29, 0.717) is 13.1 Å². The first-order valence-corrected chi connectivity index (χ1v) is 8.57. The Morgan fingerprint density at radius 3 is 2.48 bits per heavy atom. The zero-order chi connectivity index (χ0) is 17.6. The van der Waals surface area contributed by atoms with Crippen molar-refractivity contribution in [1.29, 1.82) is 0 Å². The average Bonchev–Trinajstić information content (AvgIpc) is 2.62.